The van der Waals surface area contributed by atoms with E-state index in [4.69, 9.17) is 4.74 Å². The Morgan fingerprint density at radius 2 is 1.93 bits per heavy atom. The Morgan fingerprint density at radius 3 is 2.81 bits per heavy atom. The highest BCUT2D eigenvalue weighted by Crippen LogP contribution is 2.40. The van der Waals surface area contributed by atoms with Gasteiger partial charge in [0.1, 0.15) is 12.1 Å². The second-order valence-corrected chi connectivity index (χ2v) is 7.53. The maximum absolute atomic E-state index is 13.0. The summed E-state index contributed by atoms with van der Waals surface area (Å²) in [6, 6.07) is 18.5. The molecule has 27 heavy (non-hydrogen) atoms. The second-order valence-electron chi connectivity index (χ2n) is 7.53. The molecular formula is C23H22N2O2. The molecule has 3 heterocycles. The van der Waals surface area contributed by atoms with Crippen LogP contribution in [0.1, 0.15) is 30.4 Å². The van der Waals surface area contributed by atoms with Gasteiger partial charge in [0.05, 0.1) is 0 Å². The minimum Gasteiger partial charge on any atom is -0.459 e. The molecule has 0 spiro atoms. The van der Waals surface area contributed by atoms with E-state index in [1.165, 1.54) is 16.5 Å². The number of H-pyrrole nitrogens is 1. The highest BCUT2D eigenvalue weighted by atomic mass is 16.5. The summed E-state index contributed by atoms with van der Waals surface area (Å²) in [5, 5.41) is 4.73. The molecule has 2 aliphatic rings. The predicted molar refractivity (Wildman–Crippen MR) is 106 cm³/mol. The highest BCUT2D eigenvalue weighted by molar-refractivity contribution is 5.96. The minimum atomic E-state index is -0.703. The largest absolute Gasteiger partial charge is 0.459 e. The molecule has 2 bridgehead atoms. The van der Waals surface area contributed by atoms with Gasteiger partial charge in [0, 0.05) is 28.7 Å². The molecule has 2 N–H and O–H groups in total. The van der Waals surface area contributed by atoms with Gasteiger partial charge in [-0.2, -0.15) is 0 Å². The number of rotatable bonds is 4. The van der Waals surface area contributed by atoms with Crippen LogP contribution in [0.2, 0.25) is 0 Å². The lowest BCUT2D eigenvalue weighted by atomic mass is 9.89. The maximum Gasteiger partial charge on any atom is 0.330 e. The number of nitrogens with one attached hydrogen (secondary N) is 2. The zero-order chi connectivity index (χ0) is 18.3. The van der Waals surface area contributed by atoms with Crippen molar-refractivity contribution < 1.29 is 9.53 Å². The van der Waals surface area contributed by atoms with Crippen molar-refractivity contribution >= 4 is 22.4 Å². The van der Waals surface area contributed by atoms with E-state index < -0.39 is 5.54 Å². The molecule has 2 aliphatic heterocycles. The number of hydrogen-bond donors (Lipinski definition) is 2. The zero-order valence-corrected chi connectivity index (χ0v) is 15.1. The van der Waals surface area contributed by atoms with Gasteiger partial charge in [-0.15, -0.1) is 0 Å². The molecule has 0 radical (unpaired) electrons. The Labute approximate surface area is 158 Å². The molecular weight excluding hydrogens is 336 g/mol. The summed E-state index contributed by atoms with van der Waals surface area (Å²) in [7, 11) is 0. The topological polar surface area (TPSA) is 54.1 Å². The van der Waals surface area contributed by atoms with Crippen molar-refractivity contribution in [2.24, 2.45) is 0 Å². The first-order valence-corrected chi connectivity index (χ1v) is 9.51. The fourth-order valence-electron chi connectivity index (χ4n) is 4.40. The van der Waals surface area contributed by atoms with Crippen LogP contribution in [-0.2, 0) is 16.1 Å². The van der Waals surface area contributed by atoms with Crippen molar-refractivity contribution in [3.05, 3.63) is 78.0 Å². The Balaban J connectivity index is 1.44. The molecule has 4 nitrogen and oxygen atoms in total. The van der Waals surface area contributed by atoms with Crippen LogP contribution in [0.4, 0.5) is 0 Å². The molecule has 0 amide bonds. The number of fused-ring (bicyclic) bond motifs is 3. The summed E-state index contributed by atoms with van der Waals surface area (Å²) in [5.74, 6) is -0.175. The lowest BCUT2D eigenvalue weighted by Crippen LogP contribution is -2.51. The van der Waals surface area contributed by atoms with E-state index in [1.54, 1.807) is 0 Å². The van der Waals surface area contributed by atoms with Crippen molar-refractivity contribution in [1.82, 2.24) is 10.3 Å². The molecule has 2 unspecified atom stereocenters. The number of ether oxygens (including phenoxy) is 1. The molecule has 136 valence electrons. The molecule has 1 aromatic heterocycles. The zero-order valence-electron chi connectivity index (χ0n) is 15.1. The summed E-state index contributed by atoms with van der Waals surface area (Å²) in [4.78, 5) is 16.3. The van der Waals surface area contributed by atoms with Crippen LogP contribution in [0.3, 0.4) is 0 Å². The van der Waals surface area contributed by atoms with E-state index in [0.717, 1.165) is 30.3 Å². The van der Waals surface area contributed by atoms with Crippen molar-refractivity contribution in [2.45, 2.75) is 37.5 Å². The Morgan fingerprint density at radius 1 is 1.11 bits per heavy atom. The van der Waals surface area contributed by atoms with Gasteiger partial charge in [0.25, 0.3) is 0 Å². The normalized spacial score (nSPS) is 24.0. The van der Waals surface area contributed by atoms with Gasteiger partial charge in [-0.1, -0.05) is 48.5 Å². The smallest absolute Gasteiger partial charge is 0.330 e. The number of carbonyl (C=O) groups is 1. The summed E-state index contributed by atoms with van der Waals surface area (Å²) in [6.07, 6.45) is 6.89. The van der Waals surface area contributed by atoms with Crippen molar-refractivity contribution in [1.29, 1.82) is 0 Å². The van der Waals surface area contributed by atoms with Gasteiger partial charge in [0.15, 0.2) is 0 Å². The first-order valence-electron chi connectivity index (χ1n) is 9.51. The van der Waals surface area contributed by atoms with Crippen molar-refractivity contribution in [3.8, 4) is 0 Å². The van der Waals surface area contributed by atoms with Gasteiger partial charge in [-0.05, 0) is 42.5 Å². The minimum absolute atomic E-state index is 0.175. The number of benzene rings is 2. The molecule has 2 atom stereocenters. The van der Waals surface area contributed by atoms with Crippen LogP contribution in [0.15, 0.2) is 66.9 Å². The standard InChI is InChI=1S/C23H22N2O2/c26-22(27-15-16-6-2-1-3-7-16)23-11-10-18(25-23)12-17(13-23)20-14-24-21-9-5-4-8-19(20)21/h1-9,13-14,18,24-25H,10-12,15H2. The van der Waals surface area contributed by atoms with E-state index in [1.807, 2.05) is 36.4 Å². The molecule has 3 aromatic rings. The number of carbonyl (C=O) groups excluding carboxylic acids is 1. The van der Waals surface area contributed by atoms with Crippen LogP contribution < -0.4 is 5.32 Å². The first kappa shape index (κ1) is 16.3. The van der Waals surface area contributed by atoms with Crippen LogP contribution in [0, 0.1) is 0 Å². The third kappa shape index (κ3) is 2.86. The predicted octanol–water partition coefficient (Wildman–Crippen LogP) is 4.19. The third-order valence-electron chi connectivity index (χ3n) is 5.75. The summed E-state index contributed by atoms with van der Waals surface area (Å²) in [6.45, 7) is 0.310. The van der Waals surface area contributed by atoms with Crippen molar-refractivity contribution in [3.63, 3.8) is 0 Å². The van der Waals surface area contributed by atoms with E-state index in [9.17, 15) is 4.79 Å². The van der Waals surface area contributed by atoms with Gasteiger partial charge >= 0.3 is 5.97 Å². The average Bonchev–Trinajstić information content (AvgIpc) is 3.28. The van der Waals surface area contributed by atoms with Crippen LogP contribution in [-0.4, -0.2) is 22.5 Å². The summed E-state index contributed by atoms with van der Waals surface area (Å²) in [5.41, 5.74) is 3.85. The van der Waals surface area contributed by atoms with Crippen molar-refractivity contribution in [2.75, 3.05) is 0 Å². The number of esters is 1. The Hall–Kier alpha value is -2.85. The van der Waals surface area contributed by atoms with E-state index in [-0.39, 0.29) is 5.97 Å². The van der Waals surface area contributed by atoms with E-state index >= 15 is 0 Å². The van der Waals surface area contributed by atoms with Crippen LogP contribution >= 0.6 is 0 Å². The van der Waals surface area contributed by atoms with Crippen LogP contribution in [0.25, 0.3) is 16.5 Å². The summed E-state index contributed by atoms with van der Waals surface area (Å²) >= 11 is 0. The molecule has 1 saturated heterocycles. The molecule has 0 saturated carbocycles. The molecule has 2 aromatic carbocycles. The van der Waals surface area contributed by atoms with Gasteiger partial charge in [-0.3, -0.25) is 5.32 Å². The molecule has 4 heteroatoms. The number of aromatic amines is 1. The van der Waals surface area contributed by atoms with Gasteiger partial charge < -0.3 is 9.72 Å². The highest BCUT2D eigenvalue weighted by Gasteiger charge is 2.47. The van der Waals surface area contributed by atoms with E-state index in [0.29, 0.717) is 12.6 Å². The fraction of sp³-hybridized carbons (Fsp3) is 0.261. The summed E-state index contributed by atoms with van der Waals surface area (Å²) < 4.78 is 5.69. The SMILES string of the molecule is O=C(OCc1ccccc1)C12C=C(c3c[nH]c4ccccc34)CC(CC1)N2. The first-order chi connectivity index (χ1) is 13.2. The number of hydrogen-bond acceptors (Lipinski definition) is 3. The molecule has 1 fully saturated rings. The van der Waals surface area contributed by atoms with Gasteiger partial charge in [-0.25, -0.2) is 4.79 Å². The number of aromatic nitrogens is 1. The lowest BCUT2D eigenvalue weighted by Gasteiger charge is -2.31. The van der Waals surface area contributed by atoms with E-state index in [2.05, 4.69) is 40.8 Å². The average molecular weight is 358 g/mol. The lowest BCUT2D eigenvalue weighted by molar-refractivity contribution is -0.150. The second kappa shape index (κ2) is 6.39. The quantitative estimate of drug-likeness (QED) is 0.688. The number of para-hydroxylation sites is 1. The Kier molecular flexibility index (Phi) is 3.87. The molecule has 0 aliphatic carbocycles. The van der Waals surface area contributed by atoms with Gasteiger partial charge in [0.2, 0.25) is 0 Å². The maximum atomic E-state index is 13.0. The fourth-order valence-corrected chi connectivity index (χ4v) is 4.40. The Bertz CT molecular complexity index is 1020. The molecule has 5 rings (SSSR count). The monoisotopic (exact) mass is 358 g/mol. The third-order valence-corrected chi connectivity index (χ3v) is 5.75. The van der Waals surface area contributed by atoms with Crippen LogP contribution in [0.5, 0.6) is 0 Å².